The number of urea groups is 2. The molecule has 0 bridgehead atoms. The van der Waals surface area contributed by atoms with Crippen LogP contribution in [0.3, 0.4) is 0 Å². The number of aliphatic hydroxyl groups is 1. The number of anilines is 1. The predicted molar refractivity (Wildman–Crippen MR) is 184 cm³/mol. The molecule has 1 heterocycles. The molecule has 2 saturated carbocycles. The van der Waals surface area contributed by atoms with Gasteiger partial charge in [0.2, 0.25) is 0 Å². The minimum atomic E-state index is -0.484. The van der Waals surface area contributed by atoms with Gasteiger partial charge in [-0.15, -0.1) is 0 Å². The maximum Gasteiger partial charge on any atom is 0.319 e. The molecule has 0 radical (unpaired) electrons. The summed E-state index contributed by atoms with van der Waals surface area (Å²) in [6, 6.07) is 4.69. The Kier molecular flexibility index (Phi) is 14.5. The van der Waals surface area contributed by atoms with Crippen molar-refractivity contribution in [2.45, 2.75) is 135 Å². The van der Waals surface area contributed by atoms with E-state index in [0.717, 1.165) is 70.6 Å². The topological polar surface area (TPSA) is 132 Å². The number of ether oxygens (including phenoxy) is 2. The second-order valence-electron chi connectivity index (χ2n) is 14.1. The summed E-state index contributed by atoms with van der Waals surface area (Å²) in [5.41, 5.74) is 0.831. The van der Waals surface area contributed by atoms with E-state index in [9.17, 15) is 19.5 Å². The molecule has 47 heavy (non-hydrogen) atoms. The monoisotopic (exact) mass is 657 g/mol. The molecule has 1 aromatic rings. The first-order valence-electron chi connectivity index (χ1n) is 18.1. The summed E-state index contributed by atoms with van der Waals surface area (Å²) in [5, 5.41) is 19.4. The van der Waals surface area contributed by atoms with Gasteiger partial charge in [0, 0.05) is 50.4 Å². The van der Waals surface area contributed by atoms with Crippen LogP contribution >= 0.6 is 0 Å². The highest BCUT2D eigenvalue weighted by atomic mass is 16.5. The van der Waals surface area contributed by atoms with E-state index in [0.29, 0.717) is 36.7 Å². The van der Waals surface area contributed by atoms with E-state index < -0.39 is 6.04 Å². The number of nitrogens with one attached hydrogen (secondary N) is 3. The molecule has 0 unspecified atom stereocenters. The van der Waals surface area contributed by atoms with E-state index in [-0.39, 0.29) is 54.8 Å². The SMILES string of the molecule is C[C@@H]1CN([C@@H](C)CO)C(=O)c2cc(NC(=O)NC3CCCCC3)ccc2O[C@@H](C)CCCCO[C@H]1CN(C)C(=O)NC1CCCCC1. The van der Waals surface area contributed by atoms with Crippen molar-refractivity contribution in [2.75, 3.05) is 38.7 Å². The number of benzene rings is 1. The van der Waals surface area contributed by atoms with Gasteiger partial charge in [-0.25, -0.2) is 9.59 Å². The molecule has 1 aliphatic heterocycles. The summed E-state index contributed by atoms with van der Waals surface area (Å²) in [6.45, 7) is 6.84. The normalized spacial score (nSPS) is 24.7. The van der Waals surface area contributed by atoms with E-state index in [4.69, 9.17) is 9.47 Å². The Hall–Kier alpha value is -3.05. The Balaban J connectivity index is 1.54. The third-order valence-corrected chi connectivity index (χ3v) is 9.98. The molecule has 2 fully saturated rings. The lowest BCUT2D eigenvalue weighted by Gasteiger charge is -2.36. The Labute approximate surface area is 281 Å². The van der Waals surface area contributed by atoms with Crippen molar-refractivity contribution in [3.63, 3.8) is 0 Å². The second-order valence-corrected chi connectivity index (χ2v) is 14.1. The molecular weight excluding hydrogens is 598 g/mol. The van der Waals surface area contributed by atoms with Crippen LogP contribution in [0.5, 0.6) is 5.75 Å². The fourth-order valence-electron chi connectivity index (χ4n) is 6.95. The van der Waals surface area contributed by atoms with Crippen LogP contribution in [0.2, 0.25) is 0 Å². The van der Waals surface area contributed by atoms with Crippen LogP contribution in [0, 0.1) is 5.92 Å². The number of aliphatic hydroxyl groups excluding tert-OH is 1. The molecular formula is C36H59N5O6. The molecule has 0 aromatic heterocycles. The first-order valence-corrected chi connectivity index (χ1v) is 18.1. The number of hydrogen-bond acceptors (Lipinski definition) is 6. The van der Waals surface area contributed by atoms with Crippen molar-refractivity contribution in [1.29, 1.82) is 0 Å². The zero-order valence-corrected chi connectivity index (χ0v) is 29.1. The van der Waals surface area contributed by atoms with Gasteiger partial charge in [0.25, 0.3) is 5.91 Å². The van der Waals surface area contributed by atoms with Crippen molar-refractivity contribution in [3.05, 3.63) is 23.8 Å². The Bertz CT molecular complexity index is 1150. The molecule has 264 valence electrons. The van der Waals surface area contributed by atoms with Crippen molar-refractivity contribution in [2.24, 2.45) is 5.92 Å². The first kappa shape index (κ1) is 36.8. The summed E-state index contributed by atoms with van der Waals surface area (Å²) in [5.74, 6) is 0.00958. The average molecular weight is 658 g/mol. The third kappa shape index (κ3) is 11.3. The maximum absolute atomic E-state index is 14.4. The van der Waals surface area contributed by atoms with Crippen molar-refractivity contribution in [1.82, 2.24) is 20.4 Å². The van der Waals surface area contributed by atoms with Crippen LogP contribution < -0.4 is 20.7 Å². The zero-order valence-electron chi connectivity index (χ0n) is 29.1. The van der Waals surface area contributed by atoms with Crippen LogP contribution in [-0.4, -0.2) is 96.6 Å². The lowest BCUT2D eigenvalue weighted by molar-refractivity contribution is -0.0123. The number of carbonyl (C=O) groups excluding carboxylic acids is 3. The lowest BCUT2D eigenvalue weighted by Crippen LogP contribution is -2.50. The number of carbonyl (C=O) groups is 3. The predicted octanol–water partition coefficient (Wildman–Crippen LogP) is 5.91. The molecule has 11 heteroatoms. The zero-order chi connectivity index (χ0) is 33.8. The van der Waals surface area contributed by atoms with Gasteiger partial charge >= 0.3 is 12.1 Å². The highest BCUT2D eigenvalue weighted by Crippen LogP contribution is 2.29. The summed E-state index contributed by atoms with van der Waals surface area (Å²) >= 11 is 0. The lowest BCUT2D eigenvalue weighted by atomic mass is 9.96. The highest BCUT2D eigenvalue weighted by Gasteiger charge is 2.31. The van der Waals surface area contributed by atoms with Gasteiger partial charge in [-0.1, -0.05) is 45.4 Å². The molecule has 11 nitrogen and oxygen atoms in total. The number of rotatable bonds is 7. The number of hydrogen-bond donors (Lipinski definition) is 4. The Morgan fingerprint density at radius 2 is 1.60 bits per heavy atom. The van der Waals surface area contributed by atoms with Crippen LogP contribution in [-0.2, 0) is 4.74 Å². The molecule has 4 rings (SSSR count). The van der Waals surface area contributed by atoms with Crippen LogP contribution in [0.25, 0.3) is 0 Å². The van der Waals surface area contributed by atoms with E-state index in [1.165, 1.54) is 12.8 Å². The van der Waals surface area contributed by atoms with E-state index in [2.05, 4.69) is 16.0 Å². The fourth-order valence-corrected chi connectivity index (χ4v) is 6.95. The standard InChI is InChI=1S/C36H59N5O6/c1-25-22-41(26(2)24-42)34(43)31-21-30(38-35(44)37-28-14-7-5-8-15-28)18-19-32(31)47-27(3)13-11-12-20-46-33(25)23-40(4)36(45)39-29-16-9-6-10-17-29/h18-19,21,25-29,33,42H,5-17,20,22-24H2,1-4H3,(H,39,45)(H2,37,38,44)/t25-,26+,27+,33+/m1/s1. The van der Waals surface area contributed by atoms with Crippen molar-refractivity contribution in [3.8, 4) is 5.75 Å². The minimum Gasteiger partial charge on any atom is -0.490 e. The van der Waals surface area contributed by atoms with Gasteiger partial charge in [0.05, 0.1) is 30.4 Å². The average Bonchev–Trinajstić information content (AvgIpc) is 3.06. The number of fused-ring (bicyclic) bond motifs is 1. The third-order valence-electron chi connectivity index (χ3n) is 9.98. The number of likely N-dealkylation sites (N-methyl/N-ethyl adjacent to an activating group) is 1. The van der Waals surface area contributed by atoms with E-state index in [1.807, 2.05) is 20.8 Å². The molecule has 2 aliphatic carbocycles. The van der Waals surface area contributed by atoms with Gasteiger partial charge in [0.1, 0.15) is 5.75 Å². The van der Waals surface area contributed by atoms with Crippen molar-refractivity contribution < 1.29 is 29.0 Å². The van der Waals surface area contributed by atoms with Gasteiger partial charge in [0.15, 0.2) is 0 Å². The molecule has 5 amide bonds. The van der Waals surface area contributed by atoms with Crippen molar-refractivity contribution >= 4 is 23.7 Å². The molecule has 4 N–H and O–H groups in total. The molecule has 3 aliphatic rings. The van der Waals surface area contributed by atoms with Gasteiger partial charge in [-0.3, -0.25) is 4.79 Å². The van der Waals surface area contributed by atoms with E-state index >= 15 is 0 Å². The van der Waals surface area contributed by atoms with Crippen LogP contribution in [0.15, 0.2) is 18.2 Å². The summed E-state index contributed by atoms with van der Waals surface area (Å²) < 4.78 is 12.7. The summed E-state index contributed by atoms with van der Waals surface area (Å²) in [4.78, 5) is 43.7. The Morgan fingerprint density at radius 3 is 2.26 bits per heavy atom. The van der Waals surface area contributed by atoms with Crippen LogP contribution in [0.1, 0.15) is 115 Å². The van der Waals surface area contributed by atoms with E-state index in [1.54, 1.807) is 35.0 Å². The Morgan fingerprint density at radius 1 is 0.957 bits per heavy atom. The summed E-state index contributed by atoms with van der Waals surface area (Å²) in [7, 11) is 1.80. The second kappa shape index (κ2) is 18.5. The largest absolute Gasteiger partial charge is 0.490 e. The number of amides is 5. The maximum atomic E-state index is 14.4. The first-order chi connectivity index (χ1) is 22.6. The van der Waals surface area contributed by atoms with Gasteiger partial charge in [-0.2, -0.15) is 0 Å². The highest BCUT2D eigenvalue weighted by molar-refractivity contribution is 5.99. The quantitative estimate of drug-likeness (QED) is 0.288. The van der Waals surface area contributed by atoms with Gasteiger partial charge < -0.3 is 40.3 Å². The number of nitrogens with zero attached hydrogens (tertiary/aromatic N) is 2. The molecule has 0 spiro atoms. The molecule has 4 atom stereocenters. The fraction of sp³-hybridized carbons (Fsp3) is 0.750. The molecule has 1 aromatic carbocycles. The summed E-state index contributed by atoms with van der Waals surface area (Å²) in [6.07, 6.45) is 12.9. The minimum absolute atomic E-state index is 0.101. The molecule has 0 saturated heterocycles. The smallest absolute Gasteiger partial charge is 0.319 e. The van der Waals surface area contributed by atoms with Crippen LogP contribution in [0.4, 0.5) is 15.3 Å². The van der Waals surface area contributed by atoms with Gasteiger partial charge in [-0.05, 0) is 77.0 Å².